The lowest BCUT2D eigenvalue weighted by molar-refractivity contribution is 1.02. The first-order valence-corrected chi connectivity index (χ1v) is 7.10. The molecule has 6 heteroatoms. The van der Waals surface area contributed by atoms with Gasteiger partial charge in [0, 0.05) is 11.8 Å². The van der Waals surface area contributed by atoms with Gasteiger partial charge in [-0.2, -0.15) is 0 Å². The van der Waals surface area contributed by atoms with Gasteiger partial charge >= 0.3 is 0 Å². The van der Waals surface area contributed by atoms with Gasteiger partial charge in [0.1, 0.15) is 16.0 Å². The Morgan fingerprint density at radius 1 is 1.10 bits per heavy atom. The first kappa shape index (κ1) is 13.6. The molecular weight excluding hydrogens is 332 g/mol. The molecule has 0 unspecified atom stereocenters. The van der Waals surface area contributed by atoms with Crippen LogP contribution < -0.4 is 5.56 Å². The molecule has 0 amide bonds. The largest absolute Gasteiger partial charge is 0.304 e. The molecular formula is C15H11BrN4O. The molecule has 0 atom stereocenters. The fraction of sp³-hybridized carbons (Fsp3) is 0.0667. The Morgan fingerprint density at radius 3 is 2.57 bits per heavy atom. The number of rotatable bonds is 2. The van der Waals surface area contributed by atoms with Crippen LogP contribution >= 0.6 is 15.9 Å². The lowest BCUT2D eigenvalue weighted by Crippen LogP contribution is -2.12. The topological polar surface area (TPSA) is 71.5 Å². The van der Waals surface area contributed by atoms with Crippen LogP contribution in [0.5, 0.6) is 0 Å². The summed E-state index contributed by atoms with van der Waals surface area (Å²) in [4.78, 5) is 27.7. The molecule has 5 nitrogen and oxygen atoms in total. The minimum atomic E-state index is -0.241. The number of benzene rings is 1. The van der Waals surface area contributed by atoms with E-state index in [9.17, 15) is 4.79 Å². The van der Waals surface area contributed by atoms with Gasteiger partial charge in [-0.1, -0.05) is 30.3 Å². The van der Waals surface area contributed by atoms with Crippen LogP contribution in [0.4, 0.5) is 0 Å². The molecule has 3 rings (SSSR count). The Hall–Kier alpha value is -2.34. The van der Waals surface area contributed by atoms with Crippen molar-refractivity contribution in [1.82, 2.24) is 19.9 Å². The van der Waals surface area contributed by atoms with Crippen molar-refractivity contribution in [3.63, 3.8) is 0 Å². The normalized spacial score (nSPS) is 10.6. The zero-order valence-electron chi connectivity index (χ0n) is 11.2. The highest BCUT2D eigenvalue weighted by Crippen LogP contribution is 2.24. The zero-order chi connectivity index (χ0) is 14.8. The summed E-state index contributed by atoms with van der Waals surface area (Å²) >= 11 is 3.30. The third-order valence-corrected chi connectivity index (χ3v) is 3.66. The fourth-order valence-electron chi connectivity index (χ4n) is 1.96. The number of nitrogens with one attached hydrogen (secondary N) is 1. The summed E-state index contributed by atoms with van der Waals surface area (Å²) in [5, 5.41) is 0. The van der Waals surface area contributed by atoms with E-state index in [1.54, 1.807) is 19.2 Å². The van der Waals surface area contributed by atoms with Crippen LogP contribution in [0.25, 0.3) is 22.8 Å². The number of aromatic amines is 1. The Balaban J connectivity index is 2.21. The van der Waals surface area contributed by atoms with Crippen LogP contribution in [0.1, 0.15) is 5.82 Å². The van der Waals surface area contributed by atoms with Crippen molar-refractivity contribution in [2.45, 2.75) is 6.92 Å². The van der Waals surface area contributed by atoms with Gasteiger partial charge in [-0.05, 0) is 28.9 Å². The van der Waals surface area contributed by atoms with Gasteiger partial charge in [-0.3, -0.25) is 4.79 Å². The standard InChI is InChI=1S/C15H11BrN4O/c1-9-17-8-7-11(18-9)14-19-13(12(16)15(21)20-14)10-5-3-2-4-6-10/h2-8H,1H3,(H,19,20,21). The van der Waals surface area contributed by atoms with E-state index in [2.05, 4.69) is 35.9 Å². The number of aromatic nitrogens is 4. The molecule has 1 aromatic carbocycles. The van der Waals surface area contributed by atoms with Crippen molar-refractivity contribution in [2.75, 3.05) is 0 Å². The predicted octanol–water partition coefficient (Wildman–Crippen LogP) is 2.96. The molecule has 0 radical (unpaired) electrons. The average molecular weight is 343 g/mol. The lowest BCUT2D eigenvalue weighted by atomic mass is 10.1. The van der Waals surface area contributed by atoms with E-state index in [-0.39, 0.29) is 5.56 Å². The van der Waals surface area contributed by atoms with Crippen LogP contribution in [-0.4, -0.2) is 19.9 Å². The Morgan fingerprint density at radius 2 is 1.86 bits per heavy atom. The van der Waals surface area contributed by atoms with Gasteiger partial charge in [-0.25, -0.2) is 15.0 Å². The second-order valence-corrected chi connectivity index (χ2v) is 5.23. The van der Waals surface area contributed by atoms with Crippen molar-refractivity contribution >= 4 is 15.9 Å². The highest BCUT2D eigenvalue weighted by atomic mass is 79.9. The second kappa shape index (κ2) is 5.57. The quantitative estimate of drug-likeness (QED) is 0.777. The number of hydrogen-bond donors (Lipinski definition) is 1. The van der Waals surface area contributed by atoms with Gasteiger partial charge in [0.25, 0.3) is 5.56 Å². The molecule has 2 heterocycles. The average Bonchev–Trinajstić information content (AvgIpc) is 2.51. The van der Waals surface area contributed by atoms with Crippen molar-refractivity contribution in [3.8, 4) is 22.8 Å². The zero-order valence-corrected chi connectivity index (χ0v) is 12.8. The van der Waals surface area contributed by atoms with Crippen LogP contribution in [0, 0.1) is 6.92 Å². The molecule has 2 aromatic heterocycles. The Kier molecular flexibility index (Phi) is 3.62. The Bertz CT molecular complexity index is 846. The molecule has 21 heavy (non-hydrogen) atoms. The van der Waals surface area contributed by atoms with Crippen molar-refractivity contribution < 1.29 is 0 Å². The number of halogens is 1. The van der Waals surface area contributed by atoms with Gasteiger partial charge in [0.2, 0.25) is 0 Å². The summed E-state index contributed by atoms with van der Waals surface area (Å²) in [5.74, 6) is 1.05. The highest BCUT2D eigenvalue weighted by Gasteiger charge is 2.12. The minimum Gasteiger partial charge on any atom is -0.304 e. The number of nitrogens with zero attached hydrogens (tertiary/aromatic N) is 3. The molecule has 0 aliphatic carbocycles. The van der Waals surface area contributed by atoms with E-state index in [0.717, 1.165) is 5.56 Å². The fourth-order valence-corrected chi connectivity index (χ4v) is 2.37. The van der Waals surface area contributed by atoms with Crippen LogP contribution in [0.2, 0.25) is 0 Å². The monoisotopic (exact) mass is 342 g/mol. The van der Waals surface area contributed by atoms with Gasteiger partial charge in [-0.15, -0.1) is 0 Å². The molecule has 0 aliphatic rings. The van der Waals surface area contributed by atoms with Crippen LogP contribution in [-0.2, 0) is 0 Å². The molecule has 1 N–H and O–H groups in total. The second-order valence-electron chi connectivity index (χ2n) is 4.43. The lowest BCUT2D eigenvalue weighted by Gasteiger charge is -2.06. The molecule has 0 saturated carbocycles. The van der Waals surface area contributed by atoms with Crippen molar-refractivity contribution in [1.29, 1.82) is 0 Å². The third-order valence-electron chi connectivity index (χ3n) is 2.93. The highest BCUT2D eigenvalue weighted by molar-refractivity contribution is 9.10. The van der Waals surface area contributed by atoms with E-state index in [1.807, 2.05) is 30.3 Å². The first-order valence-electron chi connectivity index (χ1n) is 6.30. The first-order chi connectivity index (χ1) is 10.1. The van der Waals surface area contributed by atoms with E-state index in [4.69, 9.17) is 0 Å². The molecule has 0 spiro atoms. The number of H-pyrrole nitrogens is 1. The van der Waals surface area contributed by atoms with Crippen molar-refractivity contribution in [3.05, 3.63) is 63.2 Å². The molecule has 0 bridgehead atoms. The summed E-state index contributed by atoms with van der Waals surface area (Å²) in [6.07, 6.45) is 1.64. The molecule has 0 saturated heterocycles. The Labute approximate surface area is 129 Å². The van der Waals surface area contributed by atoms with Crippen molar-refractivity contribution in [2.24, 2.45) is 0 Å². The van der Waals surface area contributed by atoms with Gasteiger partial charge in [0.05, 0.1) is 5.69 Å². The molecule has 0 aliphatic heterocycles. The summed E-state index contributed by atoms with van der Waals surface area (Å²) in [7, 11) is 0. The van der Waals surface area contributed by atoms with Crippen LogP contribution in [0.15, 0.2) is 51.9 Å². The molecule has 104 valence electrons. The van der Waals surface area contributed by atoms with E-state index < -0.39 is 0 Å². The maximum atomic E-state index is 12.1. The summed E-state index contributed by atoms with van der Waals surface area (Å²) in [6.45, 7) is 1.79. The smallest absolute Gasteiger partial charge is 0.266 e. The summed E-state index contributed by atoms with van der Waals surface area (Å²) in [6, 6.07) is 11.2. The van der Waals surface area contributed by atoms with Gasteiger partial charge in [0.15, 0.2) is 5.82 Å². The third kappa shape index (κ3) is 2.75. The number of hydrogen-bond acceptors (Lipinski definition) is 4. The molecule has 0 fully saturated rings. The SMILES string of the molecule is Cc1nccc(-c2nc(-c3ccccc3)c(Br)c(=O)[nH]2)n1. The van der Waals surface area contributed by atoms with E-state index in [0.29, 0.717) is 27.5 Å². The number of aryl methyl sites for hydroxylation is 1. The summed E-state index contributed by atoms with van der Waals surface area (Å²) < 4.78 is 0.406. The maximum Gasteiger partial charge on any atom is 0.266 e. The molecule has 3 aromatic rings. The van der Waals surface area contributed by atoms with E-state index in [1.165, 1.54) is 0 Å². The maximum absolute atomic E-state index is 12.1. The van der Waals surface area contributed by atoms with E-state index >= 15 is 0 Å². The summed E-state index contributed by atoms with van der Waals surface area (Å²) in [5.41, 5.74) is 1.80. The minimum absolute atomic E-state index is 0.241. The van der Waals surface area contributed by atoms with Crippen LogP contribution in [0.3, 0.4) is 0 Å². The van der Waals surface area contributed by atoms with Gasteiger partial charge < -0.3 is 4.98 Å². The predicted molar refractivity (Wildman–Crippen MR) is 83.8 cm³/mol.